The molecule has 0 aliphatic rings. The van der Waals surface area contributed by atoms with Gasteiger partial charge in [-0.3, -0.25) is 14.9 Å². The largest absolute Gasteiger partial charge is 0.430 e. The van der Waals surface area contributed by atoms with Crippen LogP contribution in [0.3, 0.4) is 0 Å². The summed E-state index contributed by atoms with van der Waals surface area (Å²) >= 11 is 6.72. The quantitative estimate of drug-likeness (QED) is 0.485. The third-order valence-electron chi connectivity index (χ3n) is 2.58. The Bertz CT molecular complexity index is 699. The summed E-state index contributed by atoms with van der Waals surface area (Å²) in [7, 11) is 0. The van der Waals surface area contributed by atoms with Gasteiger partial charge in [0.1, 0.15) is 10.6 Å². The average molecular weight is 313 g/mol. The van der Waals surface area contributed by atoms with Crippen molar-refractivity contribution in [2.75, 3.05) is 0 Å². The van der Waals surface area contributed by atoms with Crippen LogP contribution in [-0.4, -0.2) is 16.2 Å². The van der Waals surface area contributed by atoms with Crippen molar-refractivity contribution in [3.05, 3.63) is 43.4 Å². The van der Waals surface area contributed by atoms with Gasteiger partial charge in [-0.15, -0.1) is 0 Å². The van der Waals surface area contributed by atoms with Gasteiger partial charge >= 0.3 is 0 Å². The topological polar surface area (TPSA) is 82.3 Å². The number of nitro benzene ring substituents is 1. The number of thiazole rings is 1. The number of hydrogen-bond donors (Lipinski definition) is 0. The minimum Gasteiger partial charge on any atom is -0.430 e. The average Bonchev–Trinajstić information content (AvgIpc) is 2.72. The Morgan fingerprint density at radius 1 is 1.40 bits per heavy atom. The summed E-state index contributed by atoms with van der Waals surface area (Å²) in [5, 5.41) is 11.1. The number of hydrogen-bond acceptors (Lipinski definition) is 6. The van der Waals surface area contributed by atoms with Gasteiger partial charge in [0.05, 0.1) is 11.0 Å². The maximum absolute atomic E-state index is 10.9. The number of aromatic nitrogens is 1. The Kier molecular flexibility index (Phi) is 4.01. The van der Waals surface area contributed by atoms with Crippen LogP contribution in [0, 0.1) is 24.0 Å². The van der Waals surface area contributed by atoms with Crippen LogP contribution in [0.15, 0.2) is 12.1 Å². The fraction of sp³-hybridized carbons (Fsp3) is 0.167. The summed E-state index contributed by atoms with van der Waals surface area (Å²) in [5.41, 5.74) is 1.24. The normalized spacial score (nSPS) is 10.3. The zero-order valence-corrected chi connectivity index (χ0v) is 12.1. The van der Waals surface area contributed by atoms with Crippen LogP contribution >= 0.6 is 22.9 Å². The van der Waals surface area contributed by atoms with Gasteiger partial charge in [0.15, 0.2) is 11.4 Å². The maximum Gasteiger partial charge on any atom is 0.280 e. The molecule has 2 aromatic rings. The third kappa shape index (κ3) is 2.78. The van der Waals surface area contributed by atoms with E-state index in [-0.39, 0.29) is 20.9 Å². The van der Waals surface area contributed by atoms with Gasteiger partial charge in [0.25, 0.3) is 10.9 Å². The third-order valence-corrected chi connectivity index (χ3v) is 3.84. The SMILES string of the molecule is Cc1cc(C)c([N+](=O)[O-])cc1Oc1nc(Cl)c(C=O)s1. The molecule has 1 aromatic carbocycles. The lowest BCUT2D eigenvalue weighted by Crippen LogP contribution is -1.95. The van der Waals surface area contributed by atoms with E-state index < -0.39 is 4.92 Å². The fourth-order valence-electron chi connectivity index (χ4n) is 1.63. The summed E-state index contributed by atoms with van der Waals surface area (Å²) in [4.78, 5) is 25.2. The maximum atomic E-state index is 10.9. The van der Waals surface area contributed by atoms with Gasteiger partial charge in [-0.2, -0.15) is 4.98 Å². The first-order valence-electron chi connectivity index (χ1n) is 5.47. The van der Waals surface area contributed by atoms with E-state index in [0.29, 0.717) is 17.6 Å². The van der Waals surface area contributed by atoms with Crippen LogP contribution in [0.2, 0.25) is 5.15 Å². The molecule has 0 fully saturated rings. The molecular formula is C12H9ClN2O4S. The van der Waals surface area contributed by atoms with Crippen LogP contribution in [0.5, 0.6) is 10.9 Å². The van der Waals surface area contributed by atoms with Crippen molar-refractivity contribution in [2.45, 2.75) is 13.8 Å². The second-order valence-electron chi connectivity index (χ2n) is 4.02. The second-order valence-corrected chi connectivity index (χ2v) is 5.37. The number of aryl methyl sites for hydroxylation is 2. The Labute approximate surface area is 123 Å². The number of carbonyl (C=O) groups is 1. The van der Waals surface area contributed by atoms with Crippen molar-refractivity contribution < 1.29 is 14.5 Å². The molecule has 1 aromatic heterocycles. The highest BCUT2D eigenvalue weighted by molar-refractivity contribution is 7.15. The van der Waals surface area contributed by atoms with Gasteiger partial charge in [0.2, 0.25) is 0 Å². The molecule has 0 aliphatic carbocycles. The number of ether oxygens (including phenoxy) is 1. The van der Waals surface area contributed by atoms with Gasteiger partial charge in [0, 0.05) is 5.56 Å². The molecule has 8 heteroatoms. The monoisotopic (exact) mass is 312 g/mol. The molecule has 0 N–H and O–H groups in total. The van der Waals surface area contributed by atoms with Gasteiger partial charge in [-0.1, -0.05) is 22.9 Å². The first kappa shape index (κ1) is 14.4. The van der Waals surface area contributed by atoms with Crippen molar-refractivity contribution >= 4 is 34.9 Å². The highest BCUT2D eigenvalue weighted by atomic mass is 35.5. The number of nitrogens with zero attached hydrogens (tertiary/aromatic N) is 2. The number of nitro groups is 1. The molecule has 0 spiro atoms. The van der Waals surface area contributed by atoms with Gasteiger partial charge in [-0.05, 0) is 25.5 Å². The van der Waals surface area contributed by atoms with Crippen LogP contribution in [-0.2, 0) is 0 Å². The summed E-state index contributed by atoms with van der Waals surface area (Å²) in [6.45, 7) is 3.42. The molecule has 6 nitrogen and oxygen atoms in total. The van der Waals surface area contributed by atoms with Crippen molar-refractivity contribution in [1.82, 2.24) is 4.98 Å². The number of rotatable bonds is 4. The summed E-state index contributed by atoms with van der Waals surface area (Å²) in [6, 6.07) is 2.99. The summed E-state index contributed by atoms with van der Waals surface area (Å²) < 4.78 is 5.48. The van der Waals surface area contributed by atoms with E-state index in [1.807, 2.05) is 0 Å². The van der Waals surface area contributed by atoms with Gasteiger partial charge < -0.3 is 4.74 Å². The number of benzene rings is 1. The molecule has 0 amide bonds. The Balaban J connectivity index is 2.39. The minimum absolute atomic E-state index is 0.0381. The van der Waals surface area contributed by atoms with Crippen LogP contribution < -0.4 is 4.74 Å². The molecular weight excluding hydrogens is 304 g/mol. The molecule has 0 radical (unpaired) electrons. The zero-order chi connectivity index (χ0) is 14.9. The molecule has 0 saturated carbocycles. The standard InChI is InChI=1S/C12H9ClN2O4S/c1-6-3-7(2)9(4-8(6)15(17)18)19-12-14-11(13)10(5-16)20-12/h3-5H,1-2H3. The van der Waals surface area contributed by atoms with E-state index in [2.05, 4.69) is 4.98 Å². The van der Waals surface area contributed by atoms with E-state index in [1.54, 1.807) is 19.9 Å². The fourth-order valence-corrected chi connectivity index (χ4v) is 2.55. The predicted molar refractivity (Wildman–Crippen MR) is 75.2 cm³/mol. The zero-order valence-electron chi connectivity index (χ0n) is 10.5. The molecule has 104 valence electrons. The van der Waals surface area contributed by atoms with E-state index in [4.69, 9.17) is 16.3 Å². The Morgan fingerprint density at radius 2 is 2.10 bits per heavy atom. The van der Waals surface area contributed by atoms with Crippen LogP contribution in [0.4, 0.5) is 5.69 Å². The van der Waals surface area contributed by atoms with E-state index in [9.17, 15) is 14.9 Å². The predicted octanol–water partition coefficient (Wildman–Crippen LogP) is 3.93. The van der Waals surface area contributed by atoms with Crippen LogP contribution in [0.1, 0.15) is 20.8 Å². The second kappa shape index (κ2) is 5.56. The number of carbonyl (C=O) groups excluding carboxylic acids is 1. The molecule has 0 bridgehead atoms. The van der Waals surface area contributed by atoms with Crippen molar-refractivity contribution in [1.29, 1.82) is 0 Å². The highest BCUT2D eigenvalue weighted by Gasteiger charge is 2.17. The lowest BCUT2D eigenvalue weighted by Gasteiger charge is -2.07. The van der Waals surface area contributed by atoms with Crippen molar-refractivity contribution in [2.24, 2.45) is 0 Å². The Hall–Kier alpha value is -1.99. The minimum atomic E-state index is -0.479. The molecule has 1 heterocycles. The molecule has 0 saturated heterocycles. The first-order valence-corrected chi connectivity index (χ1v) is 6.66. The molecule has 20 heavy (non-hydrogen) atoms. The molecule has 0 aliphatic heterocycles. The highest BCUT2D eigenvalue weighted by Crippen LogP contribution is 2.35. The Morgan fingerprint density at radius 3 is 2.65 bits per heavy atom. The summed E-state index contributed by atoms with van der Waals surface area (Å²) in [6.07, 6.45) is 0.581. The lowest BCUT2D eigenvalue weighted by molar-refractivity contribution is -0.385. The van der Waals surface area contributed by atoms with Crippen molar-refractivity contribution in [3.8, 4) is 10.9 Å². The van der Waals surface area contributed by atoms with E-state index in [0.717, 1.165) is 16.9 Å². The molecule has 2 rings (SSSR count). The van der Waals surface area contributed by atoms with Crippen LogP contribution in [0.25, 0.3) is 0 Å². The first-order chi connectivity index (χ1) is 9.42. The van der Waals surface area contributed by atoms with Crippen molar-refractivity contribution in [3.63, 3.8) is 0 Å². The van der Waals surface area contributed by atoms with E-state index in [1.165, 1.54) is 6.07 Å². The summed E-state index contributed by atoms with van der Waals surface area (Å²) in [5.74, 6) is 0.310. The number of aldehydes is 1. The molecule has 0 unspecified atom stereocenters. The number of halogens is 1. The smallest absolute Gasteiger partial charge is 0.280 e. The van der Waals surface area contributed by atoms with Gasteiger partial charge in [-0.25, -0.2) is 0 Å². The van der Waals surface area contributed by atoms with E-state index >= 15 is 0 Å². The lowest BCUT2D eigenvalue weighted by atomic mass is 10.1. The molecule has 0 atom stereocenters.